The van der Waals surface area contributed by atoms with Crippen molar-refractivity contribution in [3.63, 3.8) is 0 Å². The second-order valence-electron chi connectivity index (χ2n) is 5.06. The number of hydrogen-bond donors (Lipinski definition) is 2. The van der Waals surface area contributed by atoms with E-state index < -0.39 is 0 Å². The minimum absolute atomic E-state index is 0.124. The summed E-state index contributed by atoms with van der Waals surface area (Å²) >= 11 is 5.91. The number of benzene rings is 2. The average Bonchev–Trinajstić information content (AvgIpc) is 3.02. The summed E-state index contributed by atoms with van der Waals surface area (Å²) in [5, 5.41) is 10.4. The number of H-pyrrole nitrogens is 1. The van der Waals surface area contributed by atoms with Crippen LogP contribution < -0.4 is 5.32 Å². The molecule has 6 heteroatoms. The van der Waals surface area contributed by atoms with Crippen LogP contribution in [0, 0.1) is 0 Å². The molecule has 1 amide bonds. The first-order valence-electron chi connectivity index (χ1n) is 7.18. The molecule has 1 heterocycles. The summed E-state index contributed by atoms with van der Waals surface area (Å²) in [6, 6.07) is 17.0. The van der Waals surface area contributed by atoms with Gasteiger partial charge in [-0.1, -0.05) is 54.1 Å². The summed E-state index contributed by atoms with van der Waals surface area (Å²) < 4.78 is 0. The molecule has 0 aliphatic carbocycles. The van der Waals surface area contributed by atoms with E-state index in [9.17, 15) is 4.79 Å². The molecular weight excluding hydrogens is 312 g/mol. The van der Waals surface area contributed by atoms with Crippen molar-refractivity contribution in [3.8, 4) is 11.4 Å². The van der Waals surface area contributed by atoms with Gasteiger partial charge in [-0.05, 0) is 17.7 Å². The number of carbonyl (C=O) groups is 1. The van der Waals surface area contributed by atoms with E-state index in [1.165, 1.54) is 0 Å². The molecule has 3 rings (SSSR count). The van der Waals surface area contributed by atoms with Crippen LogP contribution in [0.3, 0.4) is 0 Å². The molecule has 0 radical (unpaired) electrons. The molecule has 5 nitrogen and oxygen atoms in total. The number of amides is 1. The van der Waals surface area contributed by atoms with Crippen LogP contribution in [0.25, 0.3) is 11.4 Å². The predicted molar refractivity (Wildman–Crippen MR) is 88.8 cm³/mol. The van der Waals surface area contributed by atoms with Gasteiger partial charge in [0.05, 0.1) is 6.42 Å². The summed E-state index contributed by atoms with van der Waals surface area (Å²) in [5.74, 6) is 0.997. The molecular formula is C17H15ClN4O. The molecule has 1 aromatic heterocycles. The van der Waals surface area contributed by atoms with Crippen molar-refractivity contribution in [2.75, 3.05) is 0 Å². The Hall–Kier alpha value is -2.66. The van der Waals surface area contributed by atoms with Crippen molar-refractivity contribution in [2.24, 2.45) is 0 Å². The van der Waals surface area contributed by atoms with Gasteiger partial charge in [0.2, 0.25) is 5.91 Å². The number of hydrogen-bond acceptors (Lipinski definition) is 3. The van der Waals surface area contributed by atoms with Crippen LogP contribution in [0.4, 0.5) is 0 Å². The summed E-state index contributed by atoms with van der Waals surface area (Å²) in [6.45, 7) is 0.430. The van der Waals surface area contributed by atoms with Gasteiger partial charge < -0.3 is 5.32 Å². The van der Waals surface area contributed by atoms with Crippen LogP contribution >= 0.6 is 11.6 Å². The fourth-order valence-corrected chi connectivity index (χ4v) is 2.37. The Balaban J connectivity index is 1.57. The molecule has 0 fully saturated rings. The van der Waals surface area contributed by atoms with E-state index in [2.05, 4.69) is 20.5 Å². The average molecular weight is 327 g/mol. The molecule has 0 saturated heterocycles. The standard InChI is InChI=1S/C17H15ClN4O/c18-14-8-4-5-12(9-14)11-19-16(23)10-15-20-17(22-21-15)13-6-2-1-3-7-13/h1-9H,10-11H2,(H,19,23)(H,20,21,22). The first kappa shape index (κ1) is 15.2. The SMILES string of the molecule is O=C(Cc1nc(-c2ccccc2)n[nH]1)NCc1cccc(Cl)c1. The highest BCUT2D eigenvalue weighted by molar-refractivity contribution is 6.30. The topological polar surface area (TPSA) is 70.7 Å². The first-order chi connectivity index (χ1) is 11.2. The van der Waals surface area contributed by atoms with Crippen molar-refractivity contribution in [1.29, 1.82) is 0 Å². The number of halogens is 1. The third-order valence-electron chi connectivity index (χ3n) is 3.27. The van der Waals surface area contributed by atoms with E-state index in [1.54, 1.807) is 6.07 Å². The quantitative estimate of drug-likeness (QED) is 0.757. The van der Waals surface area contributed by atoms with Crippen LogP contribution in [-0.2, 0) is 17.8 Å². The molecule has 2 N–H and O–H groups in total. The lowest BCUT2D eigenvalue weighted by Gasteiger charge is -2.04. The molecule has 3 aromatic rings. The number of carbonyl (C=O) groups excluding carboxylic acids is 1. The minimum Gasteiger partial charge on any atom is -0.352 e. The number of nitrogens with one attached hydrogen (secondary N) is 2. The fraction of sp³-hybridized carbons (Fsp3) is 0.118. The summed E-state index contributed by atoms with van der Waals surface area (Å²) in [4.78, 5) is 16.3. The molecule has 0 aliphatic heterocycles. The third-order valence-corrected chi connectivity index (χ3v) is 3.51. The second-order valence-corrected chi connectivity index (χ2v) is 5.49. The van der Waals surface area contributed by atoms with E-state index in [-0.39, 0.29) is 12.3 Å². The zero-order valence-electron chi connectivity index (χ0n) is 12.3. The maximum atomic E-state index is 12.0. The van der Waals surface area contributed by atoms with Gasteiger partial charge in [-0.15, -0.1) is 0 Å². The van der Waals surface area contributed by atoms with Gasteiger partial charge in [0.15, 0.2) is 5.82 Å². The minimum atomic E-state index is -0.124. The van der Waals surface area contributed by atoms with Crippen LogP contribution in [0.2, 0.25) is 5.02 Å². The van der Waals surface area contributed by atoms with Crippen LogP contribution in [0.1, 0.15) is 11.4 Å². The summed E-state index contributed by atoms with van der Waals surface area (Å²) in [7, 11) is 0. The van der Waals surface area contributed by atoms with Crippen LogP contribution in [-0.4, -0.2) is 21.1 Å². The van der Waals surface area contributed by atoms with Gasteiger partial charge in [0.25, 0.3) is 0 Å². The molecule has 0 spiro atoms. The third kappa shape index (κ3) is 4.17. The van der Waals surface area contributed by atoms with E-state index in [4.69, 9.17) is 11.6 Å². The lowest BCUT2D eigenvalue weighted by molar-refractivity contribution is -0.120. The van der Waals surface area contributed by atoms with Gasteiger partial charge in [-0.2, -0.15) is 5.10 Å². The Bertz CT molecular complexity index is 801. The van der Waals surface area contributed by atoms with E-state index in [0.717, 1.165) is 11.1 Å². The van der Waals surface area contributed by atoms with Crippen molar-refractivity contribution in [3.05, 3.63) is 71.0 Å². The van der Waals surface area contributed by atoms with Crippen molar-refractivity contribution >= 4 is 17.5 Å². The highest BCUT2D eigenvalue weighted by atomic mass is 35.5. The van der Waals surface area contributed by atoms with Crippen LogP contribution in [0.15, 0.2) is 54.6 Å². The smallest absolute Gasteiger partial charge is 0.227 e. The highest BCUT2D eigenvalue weighted by Gasteiger charge is 2.09. The molecule has 23 heavy (non-hydrogen) atoms. The molecule has 0 saturated carbocycles. The van der Waals surface area contributed by atoms with Gasteiger partial charge in [0, 0.05) is 17.1 Å². The Morgan fingerprint density at radius 2 is 1.96 bits per heavy atom. The molecule has 0 unspecified atom stereocenters. The maximum Gasteiger partial charge on any atom is 0.227 e. The number of aromatic nitrogens is 3. The Morgan fingerprint density at radius 1 is 1.13 bits per heavy atom. The van der Waals surface area contributed by atoms with Crippen molar-refractivity contribution in [1.82, 2.24) is 20.5 Å². The van der Waals surface area contributed by atoms with Gasteiger partial charge in [-0.25, -0.2) is 4.98 Å². The first-order valence-corrected chi connectivity index (χ1v) is 7.56. The van der Waals surface area contributed by atoms with E-state index in [0.29, 0.717) is 23.2 Å². The van der Waals surface area contributed by atoms with Crippen LogP contribution in [0.5, 0.6) is 0 Å². The van der Waals surface area contributed by atoms with Gasteiger partial charge in [0.1, 0.15) is 5.82 Å². The zero-order chi connectivity index (χ0) is 16.1. The molecule has 0 aliphatic rings. The summed E-state index contributed by atoms with van der Waals surface area (Å²) in [5.41, 5.74) is 1.86. The fourth-order valence-electron chi connectivity index (χ4n) is 2.15. The summed E-state index contributed by atoms with van der Waals surface area (Å²) in [6.07, 6.45) is 0.153. The van der Waals surface area contributed by atoms with E-state index in [1.807, 2.05) is 48.5 Å². The maximum absolute atomic E-state index is 12.0. The van der Waals surface area contributed by atoms with Crippen molar-refractivity contribution < 1.29 is 4.79 Å². The van der Waals surface area contributed by atoms with Crippen molar-refractivity contribution in [2.45, 2.75) is 13.0 Å². The van der Waals surface area contributed by atoms with Gasteiger partial charge in [-0.3, -0.25) is 9.89 Å². The Kier molecular flexibility index (Phi) is 4.68. The largest absolute Gasteiger partial charge is 0.352 e. The Labute approximate surface area is 138 Å². The predicted octanol–water partition coefficient (Wildman–Crippen LogP) is 2.98. The zero-order valence-corrected chi connectivity index (χ0v) is 13.0. The highest BCUT2D eigenvalue weighted by Crippen LogP contribution is 2.13. The lowest BCUT2D eigenvalue weighted by atomic mass is 10.2. The number of nitrogens with zero attached hydrogens (tertiary/aromatic N) is 2. The van der Waals surface area contributed by atoms with Gasteiger partial charge >= 0.3 is 0 Å². The molecule has 116 valence electrons. The normalized spacial score (nSPS) is 10.5. The molecule has 0 atom stereocenters. The number of rotatable bonds is 5. The second kappa shape index (κ2) is 7.07. The molecule has 0 bridgehead atoms. The lowest BCUT2D eigenvalue weighted by Crippen LogP contribution is -2.25. The molecule has 2 aromatic carbocycles. The Morgan fingerprint density at radius 3 is 2.74 bits per heavy atom. The number of aromatic amines is 1. The van der Waals surface area contributed by atoms with E-state index >= 15 is 0 Å². The monoisotopic (exact) mass is 326 g/mol.